The van der Waals surface area contributed by atoms with Gasteiger partial charge in [-0.05, 0) is 24.3 Å². The molecule has 0 radical (unpaired) electrons. The quantitative estimate of drug-likeness (QED) is 0.808. The second-order valence-corrected chi connectivity index (χ2v) is 6.67. The van der Waals surface area contributed by atoms with Crippen LogP contribution in [-0.2, 0) is 24.1 Å². The first-order chi connectivity index (χ1) is 12.2. The molecule has 2 fully saturated rings. The average molecular weight is 341 g/mol. The Kier molecular flexibility index (Phi) is 4.44. The third kappa shape index (κ3) is 3.39. The highest BCUT2D eigenvalue weighted by molar-refractivity contribution is 5.71. The van der Waals surface area contributed by atoms with Gasteiger partial charge in [-0.2, -0.15) is 0 Å². The number of hydrogen-bond acceptors (Lipinski definition) is 5. The Labute approximate surface area is 147 Å². The van der Waals surface area contributed by atoms with Crippen LogP contribution in [0.15, 0.2) is 40.9 Å². The van der Waals surface area contributed by atoms with E-state index in [1.807, 2.05) is 35.2 Å². The third-order valence-electron chi connectivity index (χ3n) is 4.98. The van der Waals surface area contributed by atoms with Gasteiger partial charge in [0.2, 0.25) is 0 Å². The van der Waals surface area contributed by atoms with Crippen LogP contribution in [0.1, 0.15) is 24.1 Å². The lowest BCUT2D eigenvalue weighted by molar-refractivity contribution is 0.119. The van der Waals surface area contributed by atoms with E-state index in [0.29, 0.717) is 6.54 Å². The summed E-state index contributed by atoms with van der Waals surface area (Å²) in [7, 11) is 0. The molecular weight excluding hydrogens is 318 g/mol. The van der Waals surface area contributed by atoms with E-state index >= 15 is 0 Å². The van der Waals surface area contributed by atoms with Crippen molar-refractivity contribution in [1.29, 1.82) is 0 Å². The molecule has 0 unspecified atom stereocenters. The number of likely N-dealkylation sites (tertiary alicyclic amines) is 1. The number of rotatable bonds is 6. The Hall–Kier alpha value is -2.34. The Bertz CT molecular complexity index is 731. The number of amides is 1. The van der Waals surface area contributed by atoms with Gasteiger partial charge in [-0.15, -0.1) is 0 Å². The van der Waals surface area contributed by atoms with Gasteiger partial charge in [0.1, 0.15) is 17.6 Å². The molecule has 0 spiro atoms. The topological polar surface area (TPSA) is 58.8 Å². The number of carbonyl (C=O) groups is 1. The molecule has 0 aliphatic carbocycles. The molecule has 0 aromatic carbocycles. The molecule has 2 aliphatic heterocycles. The predicted octanol–water partition coefficient (Wildman–Crippen LogP) is 2.48. The summed E-state index contributed by atoms with van der Waals surface area (Å²) in [5, 5.41) is 0. The monoisotopic (exact) mass is 341 g/mol. The maximum atomic E-state index is 12.2. The fourth-order valence-corrected chi connectivity index (χ4v) is 3.67. The summed E-state index contributed by atoms with van der Waals surface area (Å²) in [5.74, 6) is 1.99. The van der Waals surface area contributed by atoms with E-state index in [-0.39, 0.29) is 18.2 Å². The molecule has 4 heterocycles. The number of aryl methyl sites for hydroxylation is 1. The lowest BCUT2D eigenvalue weighted by atomic mass is 10.2. The molecular formula is C19H23N3O3. The number of pyridine rings is 1. The molecule has 0 N–H and O–H groups in total. The second-order valence-electron chi connectivity index (χ2n) is 6.67. The van der Waals surface area contributed by atoms with E-state index in [0.717, 1.165) is 49.7 Å². The van der Waals surface area contributed by atoms with Gasteiger partial charge in [0, 0.05) is 44.4 Å². The van der Waals surface area contributed by atoms with Crippen LogP contribution in [0.25, 0.3) is 0 Å². The van der Waals surface area contributed by atoms with Crippen molar-refractivity contribution in [3.05, 3.63) is 53.7 Å². The number of nitrogens with zero attached hydrogens (tertiary/aromatic N) is 3. The van der Waals surface area contributed by atoms with E-state index in [4.69, 9.17) is 9.15 Å². The molecule has 25 heavy (non-hydrogen) atoms. The van der Waals surface area contributed by atoms with Crippen LogP contribution in [-0.4, -0.2) is 52.7 Å². The summed E-state index contributed by atoms with van der Waals surface area (Å²) >= 11 is 0. The highest BCUT2D eigenvalue weighted by Crippen LogP contribution is 2.28. The fourth-order valence-electron chi connectivity index (χ4n) is 3.67. The van der Waals surface area contributed by atoms with E-state index in [9.17, 15) is 4.79 Å². The lowest BCUT2D eigenvalue weighted by Gasteiger charge is -2.21. The van der Waals surface area contributed by atoms with Gasteiger partial charge in [0.25, 0.3) is 0 Å². The molecule has 2 atom stereocenters. The first-order valence-electron chi connectivity index (χ1n) is 8.90. The molecule has 132 valence electrons. The van der Waals surface area contributed by atoms with E-state index in [2.05, 4.69) is 16.8 Å². The summed E-state index contributed by atoms with van der Waals surface area (Å²) < 4.78 is 11.4. The minimum atomic E-state index is -0.197. The van der Waals surface area contributed by atoms with Gasteiger partial charge in [0.15, 0.2) is 0 Å². The number of fused-ring (bicyclic) bond motifs is 1. The first-order valence-corrected chi connectivity index (χ1v) is 8.90. The zero-order valence-electron chi connectivity index (χ0n) is 14.4. The van der Waals surface area contributed by atoms with Crippen LogP contribution in [0.4, 0.5) is 4.79 Å². The minimum Gasteiger partial charge on any atom is -0.465 e. The molecule has 0 saturated carbocycles. The molecule has 4 rings (SSSR count). The maximum absolute atomic E-state index is 12.2. The summed E-state index contributed by atoms with van der Waals surface area (Å²) in [4.78, 5) is 20.7. The van der Waals surface area contributed by atoms with Crippen molar-refractivity contribution >= 4 is 6.09 Å². The largest absolute Gasteiger partial charge is 0.465 e. The standard InChI is InChI=1S/C19H23N3O3/c1-2-15-6-7-16(24-15)11-21-12-17-18(13-21)25-19(23)22(17)10-8-14-5-3-4-9-20-14/h3-7,9,17-18H,2,8,10-13H2,1H3/t17-,18+/m1/s1. The Morgan fingerprint density at radius 3 is 2.84 bits per heavy atom. The second kappa shape index (κ2) is 6.88. The molecule has 6 heteroatoms. The third-order valence-corrected chi connectivity index (χ3v) is 4.98. The average Bonchev–Trinajstić information content (AvgIpc) is 3.29. The van der Waals surface area contributed by atoms with Crippen molar-refractivity contribution in [2.45, 2.75) is 38.5 Å². The van der Waals surface area contributed by atoms with Crippen LogP contribution < -0.4 is 0 Å². The zero-order chi connectivity index (χ0) is 17.2. The summed E-state index contributed by atoms with van der Waals surface area (Å²) in [6.45, 7) is 5.07. The molecule has 2 aromatic rings. The highest BCUT2D eigenvalue weighted by Gasteiger charge is 2.47. The smallest absolute Gasteiger partial charge is 0.410 e. The van der Waals surface area contributed by atoms with Gasteiger partial charge < -0.3 is 9.15 Å². The van der Waals surface area contributed by atoms with Crippen LogP contribution in [0.3, 0.4) is 0 Å². The van der Waals surface area contributed by atoms with Gasteiger partial charge in [0.05, 0.1) is 12.6 Å². The normalized spacial score (nSPS) is 23.1. The van der Waals surface area contributed by atoms with Crippen LogP contribution >= 0.6 is 0 Å². The molecule has 1 amide bonds. The van der Waals surface area contributed by atoms with Gasteiger partial charge in [-0.1, -0.05) is 13.0 Å². The Morgan fingerprint density at radius 2 is 2.08 bits per heavy atom. The van der Waals surface area contributed by atoms with Crippen LogP contribution in [0, 0.1) is 0 Å². The predicted molar refractivity (Wildman–Crippen MR) is 92.1 cm³/mol. The number of ether oxygens (including phenoxy) is 1. The van der Waals surface area contributed by atoms with Crippen molar-refractivity contribution in [3.63, 3.8) is 0 Å². The molecule has 6 nitrogen and oxygen atoms in total. The van der Waals surface area contributed by atoms with Gasteiger partial charge in [-0.25, -0.2) is 4.79 Å². The van der Waals surface area contributed by atoms with E-state index in [1.165, 1.54) is 0 Å². The minimum absolute atomic E-state index is 0.0446. The molecule has 0 bridgehead atoms. The highest BCUT2D eigenvalue weighted by atomic mass is 16.6. The van der Waals surface area contributed by atoms with Crippen molar-refractivity contribution in [1.82, 2.24) is 14.8 Å². The Morgan fingerprint density at radius 1 is 1.20 bits per heavy atom. The van der Waals surface area contributed by atoms with Crippen LogP contribution in [0.5, 0.6) is 0 Å². The first kappa shape index (κ1) is 16.1. The van der Waals surface area contributed by atoms with Crippen molar-refractivity contribution in [2.24, 2.45) is 0 Å². The Balaban J connectivity index is 1.36. The van der Waals surface area contributed by atoms with E-state index in [1.54, 1.807) is 6.20 Å². The fraction of sp³-hybridized carbons (Fsp3) is 0.474. The van der Waals surface area contributed by atoms with Crippen molar-refractivity contribution < 1.29 is 13.9 Å². The number of aromatic nitrogens is 1. The van der Waals surface area contributed by atoms with Gasteiger partial charge >= 0.3 is 6.09 Å². The molecule has 2 aromatic heterocycles. The molecule has 2 saturated heterocycles. The summed E-state index contributed by atoms with van der Waals surface area (Å²) in [5.41, 5.74) is 0.997. The van der Waals surface area contributed by atoms with Crippen molar-refractivity contribution in [3.8, 4) is 0 Å². The number of furan rings is 1. The van der Waals surface area contributed by atoms with Crippen molar-refractivity contribution in [2.75, 3.05) is 19.6 Å². The van der Waals surface area contributed by atoms with E-state index < -0.39 is 0 Å². The van der Waals surface area contributed by atoms with Crippen LogP contribution in [0.2, 0.25) is 0 Å². The lowest BCUT2D eigenvalue weighted by Crippen LogP contribution is -2.39. The maximum Gasteiger partial charge on any atom is 0.410 e. The summed E-state index contributed by atoms with van der Waals surface area (Å²) in [6.07, 6.45) is 3.20. The number of carbonyl (C=O) groups excluding carboxylic acids is 1. The zero-order valence-corrected chi connectivity index (χ0v) is 14.4. The number of hydrogen-bond donors (Lipinski definition) is 0. The SMILES string of the molecule is CCc1ccc(CN2C[C@@H]3OC(=O)N(CCc4ccccn4)[C@@H]3C2)o1. The van der Waals surface area contributed by atoms with Gasteiger partial charge in [-0.3, -0.25) is 14.8 Å². The molecule has 2 aliphatic rings. The summed E-state index contributed by atoms with van der Waals surface area (Å²) in [6, 6.07) is 10.1.